The third kappa shape index (κ3) is 3.88. The number of hydrogen-bond donors (Lipinski definition) is 0. The quantitative estimate of drug-likeness (QED) is 0.729. The number of rotatable bonds is 7. The molecule has 0 saturated heterocycles. The van der Waals surface area contributed by atoms with Crippen LogP contribution in [0.4, 0.5) is 0 Å². The number of carbonyl (C=O) groups excluding carboxylic acids is 1. The molecule has 7 heteroatoms. The molecule has 0 aliphatic heterocycles. The van der Waals surface area contributed by atoms with E-state index in [1.807, 2.05) is 24.4 Å². The summed E-state index contributed by atoms with van der Waals surface area (Å²) >= 11 is 1.56. The van der Waals surface area contributed by atoms with Crippen LogP contribution in [0.25, 0.3) is 10.8 Å². The molecule has 0 fully saturated rings. The Morgan fingerprint density at radius 1 is 1.50 bits per heavy atom. The number of carbonyl (C=O) groups is 1. The zero-order valence-electron chi connectivity index (χ0n) is 11.5. The monoisotopic (exact) mass is 295 g/mol. The summed E-state index contributed by atoms with van der Waals surface area (Å²) in [5.41, 5.74) is 0. The van der Waals surface area contributed by atoms with Gasteiger partial charge in [-0.1, -0.05) is 13.0 Å². The van der Waals surface area contributed by atoms with Gasteiger partial charge in [0.1, 0.15) is 0 Å². The highest BCUT2D eigenvalue weighted by molar-refractivity contribution is 7.13. The van der Waals surface area contributed by atoms with Crippen molar-refractivity contribution < 1.29 is 13.9 Å². The maximum atomic E-state index is 11.1. The molecule has 0 amide bonds. The zero-order valence-corrected chi connectivity index (χ0v) is 12.4. The SMILES string of the molecule is CCN(CCC(=O)OC)Cc1nnc(-c2cccs2)o1. The molecule has 0 spiro atoms. The molecule has 2 heterocycles. The number of methoxy groups -OCH3 is 1. The molecule has 0 N–H and O–H groups in total. The average molecular weight is 295 g/mol. The van der Waals surface area contributed by atoms with Gasteiger partial charge in [0.25, 0.3) is 5.89 Å². The van der Waals surface area contributed by atoms with E-state index in [2.05, 4.69) is 19.8 Å². The second kappa shape index (κ2) is 7.16. The van der Waals surface area contributed by atoms with Crippen LogP contribution in [-0.4, -0.2) is 41.3 Å². The molecule has 0 radical (unpaired) electrons. The van der Waals surface area contributed by atoms with Crippen LogP contribution < -0.4 is 0 Å². The molecular weight excluding hydrogens is 278 g/mol. The largest absolute Gasteiger partial charge is 0.469 e. The number of hydrogen-bond acceptors (Lipinski definition) is 7. The van der Waals surface area contributed by atoms with Gasteiger partial charge >= 0.3 is 5.97 Å². The average Bonchev–Trinajstić information content (AvgIpc) is 3.13. The molecule has 2 aromatic heterocycles. The maximum absolute atomic E-state index is 11.1. The van der Waals surface area contributed by atoms with Crippen LogP contribution >= 0.6 is 11.3 Å². The van der Waals surface area contributed by atoms with Gasteiger partial charge in [0.2, 0.25) is 5.89 Å². The van der Waals surface area contributed by atoms with Gasteiger partial charge in [-0.2, -0.15) is 0 Å². The summed E-state index contributed by atoms with van der Waals surface area (Å²) in [6.45, 7) is 3.97. The number of nitrogens with zero attached hydrogens (tertiary/aromatic N) is 3. The van der Waals surface area contributed by atoms with E-state index in [1.54, 1.807) is 11.3 Å². The lowest BCUT2D eigenvalue weighted by Gasteiger charge is -2.17. The molecule has 108 valence electrons. The fraction of sp³-hybridized carbons (Fsp3) is 0.462. The van der Waals surface area contributed by atoms with Gasteiger partial charge in [-0.25, -0.2) is 0 Å². The van der Waals surface area contributed by atoms with E-state index < -0.39 is 0 Å². The Balaban J connectivity index is 1.92. The number of thiophene rings is 1. The lowest BCUT2D eigenvalue weighted by Crippen LogP contribution is -2.26. The van der Waals surface area contributed by atoms with Crippen LogP contribution in [0.15, 0.2) is 21.9 Å². The highest BCUT2D eigenvalue weighted by Crippen LogP contribution is 2.23. The third-order valence-corrected chi connectivity index (χ3v) is 3.72. The van der Waals surface area contributed by atoms with E-state index in [4.69, 9.17) is 4.42 Å². The fourth-order valence-electron chi connectivity index (χ4n) is 1.71. The van der Waals surface area contributed by atoms with Crippen molar-refractivity contribution in [1.82, 2.24) is 15.1 Å². The van der Waals surface area contributed by atoms with Crippen molar-refractivity contribution in [3.63, 3.8) is 0 Å². The summed E-state index contributed by atoms with van der Waals surface area (Å²) in [4.78, 5) is 14.2. The van der Waals surface area contributed by atoms with Crippen molar-refractivity contribution in [1.29, 1.82) is 0 Å². The van der Waals surface area contributed by atoms with Crippen molar-refractivity contribution >= 4 is 17.3 Å². The van der Waals surface area contributed by atoms with Crippen molar-refractivity contribution in [3.05, 3.63) is 23.4 Å². The molecule has 6 nitrogen and oxygen atoms in total. The molecule has 0 bridgehead atoms. The Bertz CT molecular complexity index is 539. The first-order valence-electron chi connectivity index (χ1n) is 6.38. The minimum absolute atomic E-state index is 0.215. The fourth-order valence-corrected chi connectivity index (χ4v) is 2.35. The highest BCUT2D eigenvalue weighted by Gasteiger charge is 2.13. The van der Waals surface area contributed by atoms with Crippen LogP contribution in [0.2, 0.25) is 0 Å². The predicted octanol–water partition coefficient (Wildman–Crippen LogP) is 2.18. The van der Waals surface area contributed by atoms with Gasteiger partial charge < -0.3 is 9.15 Å². The first kappa shape index (κ1) is 14.7. The summed E-state index contributed by atoms with van der Waals surface area (Å²) in [5, 5.41) is 10.0. The van der Waals surface area contributed by atoms with Gasteiger partial charge in [0.15, 0.2) is 0 Å². The lowest BCUT2D eigenvalue weighted by atomic mass is 10.3. The first-order valence-corrected chi connectivity index (χ1v) is 7.26. The van der Waals surface area contributed by atoms with Gasteiger partial charge in [-0.15, -0.1) is 21.5 Å². The van der Waals surface area contributed by atoms with Crippen LogP contribution in [-0.2, 0) is 16.1 Å². The van der Waals surface area contributed by atoms with Crippen molar-refractivity contribution in [2.75, 3.05) is 20.2 Å². The Hall–Kier alpha value is -1.73. The van der Waals surface area contributed by atoms with Crippen LogP contribution in [0, 0.1) is 0 Å². The van der Waals surface area contributed by atoms with Crippen molar-refractivity contribution in [2.24, 2.45) is 0 Å². The van der Waals surface area contributed by atoms with Crippen molar-refractivity contribution in [2.45, 2.75) is 19.9 Å². The molecule has 20 heavy (non-hydrogen) atoms. The van der Waals surface area contributed by atoms with Crippen LogP contribution in [0.5, 0.6) is 0 Å². The van der Waals surface area contributed by atoms with E-state index in [-0.39, 0.29) is 5.97 Å². The topological polar surface area (TPSA) is 68.5 Å². The van der Waals surface area contributed by atoms with Gasteiger partial charge in [0.05, 0.1) is 25.0 Å². The zero-order chi connectivity index (χ0) is 14.4. The molecule has 0 atom stereocenters. The Morgan fingerprint density at radius 2 is 2.35 bits per heavy atom. The Kier molecular flexibility index (Phi) is 5.25. The number of ether oxygens (including phenoxy) is 1. The van der Waals surface area contributed by atoms with E-state index >= 15 is 0 Å². The molecular formula is C13H17N3O3S. The third-order valence-electron chi connectivity index (χ3n) is 2.86. The van der Waals surface area contributed by atoms with Gasteiger partial charge in [-0.05, 0) is 18.0 Å². The van der Waals surface area contributed by atoms with E-state index in [1.165, 1.54) is 7.11 Å². The summed E-state index contributed by atoms with van der Waals surface area (Å²) < 4.78 is 10.3. The van der Waals surface area contributed by atoms with Crippen molar-refractivity contribution in [3.8, 4) is 10.8 Å². The molecule has 0 unspecified atom stereocenters. The molecule has 2 aromatic rings. The summed E-state index contributed by atoms with van der Waals surface area (Å²) in [5.74, 6) is 0.882. The van der Waals surface area contributed by atoms with Crippen LogP contribution in [0.1, 0.15) is 19.2 Å². The maximum Gasteiger partial charge on any atom is 0.306 e. The van der Waals surface area contributed by atoms with E-state index in [0.29, 0.717) is 31.3 Å². The first-order chi connectivity index (χ1) is 9.72. The smallest absolute Gasteiger partial charge is 0.306 e. The Morgan fingerprint density at radius 3 is 3.00 bits per heavy atom. The van der Waals surface area contributed by atoms with E-state index in [0.717, 1.165) is 11.4 Å². The molecule has 2 rings (SSSR count). The normalized spacial score (nSPS) is 10.9. The Labute approximate surface area is 121 Å². The molecule has 0 aliphatic rings. The highest BCUT2D eigenvalue weighted by atomic mass is 32.1. The minimum Gasteiger partial charge on any atom is -0.469 e. The van der Waals surface area contributed by atoms with Gasteiger partial charge in [-0.3, -0.25) is 9.69 Å². The second-order valence-electron chi connectivity index (χ2n) is 4.17. The van der Waals surface area contributed by atoms with Gasteiger partial charge in [0, 0.05) is 6.54 Å². The number of esters is 1. The summed E-state index contributed by atoms with van der Waals surface area (Å²) in [7, 11) is 1.39. The van der Waals surface area contributed by atoms with E-state index in [9.17, 15) is 4.79 Å². The van der Waals surface area contributed by atoms with Crippen LogP contribution in [0.3, 0.4) is 0 Å². The number of aromatic nitrogens is 2. The molecule has 0 saturated carbocycles. The minimum atomic E-state index is -0.215. The molecule has 0 aliphatic carbocycles. The standard InChI is InChI=1S/C13H17N3O3S/c1-3-16(7-6-12(17)18-2)9-11-14-15-13(19-11)10-5-4-8-20-10/h4-5,8H,3,6-7,9H2,1-2H3. The lowest BCUT2D eigenvalue weighted by molar-refractivity contribution is -0.141. The molecule has 0 aromatic carbocycles. The second-order valence-corrected chi connectivity index (χ2v) is 5.12. The summed E-state index contributed by atoms with van der Waals surface area (Å²) in [6, 6.07) is 3.88. The summed E-state index contributed by atoms with van der Waals surface area (Å²) in [6.07, 6.45) is 0.357. The predicted molar refractivity (Wildman–Crippen MR) is 75.2 cm³/mol.